The average molecular weight is 219 g/mol. The van der Waals surface area contributed by atoms with Crippen LogP contribution >= 0.6 is 0 Å². The lowest BCUT2D eigenvalue weighted by Gasteiger charge is -2.05. The minimum absolute atomic E-state index is 0.320. The van der Waals surface area contributed by atoms with E-state index >= 15 is 0 Å². The Bertz CT molecular complexity index is 522. The van der Waals surface area contributed by atoms with Gasteiger partial charge >= 0.3 is 5.97 Å². The van der Waals surface area contributed by atoms with Gasteiger partial charge in [0.1, 0.15) is 5.56 Å². The number of tetrazole rings is 1. The van der Waals surface area contributed by atoms with Crippen molar-refractivity contribution in [2.24, 2.45) is 0 Å². The van der Waals surface area contributed by atoms with Gasteiger partial charge in [0.15, 0.2) is 11.6 Å². The molecule has 2 heterocycles. The Labute approximate surface area is 91.1 Å². The molecule has 7 heteroatoms. The highest BCUT2D eigenvalue weighted by molar-refractivity contribution is 5.92. The largest absolute Gasteiger partial charge is 0.465 e. The van der Waals surface area contributed by atoms with E-state index in [2.05, 4.69) is 25.2 Å². The molecule has 0 unspecified atom stereocenters. The van der Waals surface area contributed by atoms with E-state index in [0.717, 1.165) is 0 Å². The lowest BCUT2D eigenvalue weighted by molar-refractivity contribution is 0.0600. The molecule has 0 aliphatic rings. The summed E-state index contributed by atoms with van der Waals surface area (Å²) in [6, 6.07) is 3.25. The summed E-state index contributed by atoms with van der Waals surface area (Å²) in [4.78, 5) is 15.6. The number of methoxy groups -OCH3 is 1. The summed E-state index contributed by atoms with van der Waals surface area (Å²) in [5.41, 5.74) is 0.320. The molecule has 0 aliphatic heterocycles. The zero-order valence-corrected chi connectivity index (χ0v) is 8.78. The Balaban J connectivity index is 2.57. The van der Waals surface area contributed by atoms with Gasteiger partial charge in [0.2, 0.25) is 0 Å². The van der Waals surface area contributed by atoms with Crippen molar-refractivity contribution in [2.45, 2.75) is 6.92 Å². The molecule has 0 spiro atoms. The second kappa shape index (κ2) is 4.05. The minimum atomic E-state index is -0.474. The number of aryl methyl sites for hydroxylation is 1. The normalized spacial score (nSPS) is 10.1. The van der Waals surface area contributed by atoms with Gasteiger partial charge in [-0.15, -0.1) is 5.10 Å². The molecule has 0 saturated heterocycles. The van der Waals surface area contributed by atoms with Crippen LogP contribution in [0.1, 0.15) is 16.2 Å². The quantitative estimate of drug-likeness (QED) is 0.669. The van der Waals surface area contributed by atoms with E-state index in [1.54, 1.807) is 25.3 Å². The first kappa shape index (κ1) is 10.2. The van der Waals surface area contributed by atoms with E-state index < -0.39 is 5.97 Å². The first-order valence-corrected chi connectivity index (χ1v) is 4.52. The van der Waals surface area contributed by atoms with Gasteiger partial charge in [0, 0.05) is 6.20 Å². The molecule has 82 valence electrons. The van der Waals surface area contributed by atoms with Gasteiger partial charge < -0.3 is 4.74 Å². The van der Waals surface area contributed by atoms with Crippen LogP contribution in [0.4, 0.5) is 0 Å². The van der Waals surface area contributed by atoms with Crippen LogP contribution in [0, 0.1) is 6.92 Å². The van der Waals surface area contributed by atoms with Gasteiger partial charge in [-0.1, -0.05) is 0 Å². The third kappa shape index (κ3) is 1.62. The maximum absolute atomic E-state index is 11.5. The fourth-order valence-electron chi connectivity index (χ4n) is 1.26. The Hall–Kier alpha value is -2.31. The first-order valence-electron chi connectivity index (χ1n) is 4.52. The highest BCUT2D eigenvalue weighted by Gasteiger charge is 2.16. The number of esters is 1. The predicted octanol–water partition coefficient (Wildman–Crippen LogP) is 0.152. The van der Waals surface area contributed by atoms with Crippen LogP contribution < -0.4 is 0 Å². The highest BCUT2D eigenvalue weighted by Crippen LogP contribution is 2.11. The molecular formula is C9H9N5O2. The van der Waals surface area contributed by atoms with Crippen LogP contribution in [0.3, 0.4) is 0 Å². The smallest absolute Gasteiger partial charge is 0.341 e. The number of nitrogens with zero attached hydrogens (tertiary/aromatic N) is 5. The number of aromatic nitrogens is 5. The third-order valence-electron chi connectivity index (χ3n) is 2.02. The van der Waals surface area contributed by atoms with Crippen molar-refractivity contribution in [2.75, 3.05) is 7.11 Å². The molecule has 0 atom stereocenters. The molecule has 2 rings (SSSR count). The molecule has 0 fully saturated rings. The van der Waals surface area contributed by atoms with Crippen LogP contribution in [0.2, 0.25) is 0 Å². The van der Waals surface area contributed by atoms with Crippen molar-refractivity contribution in [1.82, 2.24) is 25.2 Å². The van der Waals surface area contributed by atoms with Gasteiger partial charge in [-0.25, -0.2) is 9.78 Å². The van der Waals surface area contributed by atoms with E-state index in [1.807, 2.05) is 0 Å². The minimum Gasteiger partial charge on any atom is -0.465 e. The van der Waals surface area contributed by atoms with E-state index in [9.17, 15) is 4.79 Å². The maximum atomic E-state index is 11.5. The third-order valence-corrected chi connectivity index (χ3v) is 2.02. The van der Waals surface area contributed by atoms with Crippen molar-refractivity contribution in [3.63, 3.8) is 0 Å². The molecule has 2 aromatic rings. The summed E-state index contributed by atoms with van der Waals surface area (Å²) in [5.74, 6) is 0.429. The average Bonchev–Trinajstić information content (AvgIpc) is 2.74. The zero-order valence-electron chi connectivity index (χ0n) is 8.78. The van der Waals surface area contributed by atoms with E-state index in [4.69, 9.17) is 0 Å². The maximum Gasteiger partial charge on any atom is 0.341 e. The molecular weight excluding hydrogens is 210 g/mol. The van der Waals surface area contributed by atoms with Crippen molar-refractivity contribution in [1.29, 1.82) is 0 Å². The van der Waals surface area contributed by atoms with Crippen LogP contribution in [-0.2, 0) is 4.74 Å². The number of rotatable bonds is 2. The summed E-state index contributed by atoms with van der Waals surface area (Å²) >= 11 is 0. The number of hydrogen-bond donors (Lipinski definition) is 0. The van der Waals surface area contributed by atoms with Gasteiger partial charge in [-0.05, 0) is 29.5 Å². The van der Waals surface area contributed by atoms with Crippen molar-refractivity contribution < 1.29 is 9.53 Å². The molecule has 0 N–H and O–H groups in total. The Morgan fingerprint density at radius 2 is 2.31 bits per heavy atom. The molecule has 0 amide bonds. The summed E-state index contributed by atoms with van der Waals surface area (Å²) in [5, 5.41) is 11.0. The topological polar surface area (TPSA) is 82.8 Å². The summed E-state index contributed by atoms with van der Waals surface area (Å²) in [7, 11) is 1.31. The van der Waals surface area contributed by atoms with Crippen molar-refractivity contribution in [3.05, 3.63) is 29.7 Å². The van der Waals surface area contributed by atoms with Gasteiger partial charge in [0.05, 0.1) is 7.11 Å². The lowest BCUT2D eigenvalue weighted by Crippen LogP contribution is -2.11. The van der Waals surface area contributed by atoms with Crippen LogP contribution in [0.5, 0.6) is 0 Å². The number of carbonyl (C=O) groups is 1. The standard InChI is InChI=1S/C9H9N5O2/c1-6-11-12-13-14(6)8-7(9(15)16-2)4-3-5-10-8/h3-5H,1-2H3. The Morgan fingerprint density at radius 1 is 1.50 bits per heavy atom. The second-order valence-electron chi connectivity index (χ2n) is 3.00. The van der Waals surface area contributed by atoms with Gasteiger partial charge in [-0.3, -0.25) is 0 Å². The summed E-state index contributed by atoms with van der Waals surface area (Å²) < 4.78 is 6.04. The monoisotopic (exact) mass is 219 g/mol. The number of hydrogen-bond acceptors (Lipinski definition) is 6. The van der Waals surface area contributed by atoms with Crippen molar-refractivity contribution in [3.8, 4) is 5.82 Å². The molecule has 0 bridgehead atoms. The number of carbonyl (C=O) groups excluding carboxylic acids is 1. The van der Waals surface area contributed by atoms with E-state index in [1.165, 1.54) is 11.8 Å². The second-order valence-corrected chi connectivity index (χ2v) is 3.00. The van der Waals surface area contributed by atoms with Crippen LogP contribution in [0.15, 0.2) is 18.3 Å². The fourth-order valence-corrected chi connectivity index (χ4v) is 1.26. The fraction of sp³-hybridized carbons (Fsp3) is 0.222. The van der Waals surface area contributed by atoms with Crippen LogP contribution in [0.25, 0.3) is 5.82 Å². The summed E-state index contributed by atoms with van der Waals surface area (Å²) in [6.45, 7) is 1.72. The van der Waals surface area contributed by atoms with Gasteiger partial charge in [0.25, 0.3) is 0 Å². The van der Waals surface area contributed by atoms with Gasteiger partial charge in [-0.2, -0.15) is 4.68 Å². The highest BCUT2D eigenvalue weighted by atomic mass is 16.5. The molecule has 0 aliphatic carbocycles. The molecule has 7 nitrogen and oxygen atoms in total. The molecule has 0 aromatic carbocycles. The molecule has 2 aromatic heterocycles. The molecule has 0 radical (unpaired) electrons. The summed E-state index contributed by atoms with van der Waals surface area (Å²) in [6.07, 6.45) is 1.56. The Morgan fingerprint density at radius 3 is 2.94 bits per heavy atom. The lowest BCUT2D eigenvalue weighted by atomic mass is 10.2. The molecule has 0 saturated carbocycles. The zero-order chi connectivity index (χ0) is 11.5. The Kier molecular flexibility index (Phi) is 2.59. The number of ether oxygens (including phenoxy) is 1. The van der Waals surface area contributed by atoms with E-state index in [-0.39, 0.29) is 0 Å². The van der Waals surface area contributed by atoms with Crippen LogP contribution in [-0.4, -0.2) is 38.3 Å². The molecule has 16 heavy (non-hydrogen) atoms. The first-order chi connectivity index (χ1) is 7.74. The SMILES string of the molecule is COC(=O)c1cccnc1-n1nnnc1C. The van der Waals surface area contributed by atoms with Crippen molar-refractivity contribution >= 4 is 5.97 Å². The predicted molar refractivity (Wildman–Crippen MR) is 53.0 cm³/mol. The van der Waals surface area contributed by atoms with E-state index in [0.29, 0.717) is 17.2 Å². The number of pyridine rings is 1.